The standard InChI is InChI=1S/C15H23N3/c1-18(11-12-5-6-12)15-8-7-13-10-16-9-3-2-4-14(13)17-15/h7-8,12,16H,2-6,9-11H2,1H3. The molecule has 3 heteroatoms. The number of hydrogen-bond acceptors (Lipinski definition) is 3. The maximum Gasteiger partial charge on any atom is 0.128 e. The van der Waals surface area contributed by atoms with Crippen LogP contribution >= 0.6 is 0 Å². The predicted octanol–water partition coefficient (Wildman–Crippen LogP) is 2.35. The Morgan fingerprint density at radius 2 is 2.22 bits per heavy atom. The Bertz CT molecular complexity index is 412. The molecule has 3 nitrogen and oxygen atoms in total. The molecule has 18 heavy (non-hydrogen) atoms. The van der Waals surface area contributed by atoms with E-state index >= 15 is 0 Å². The molecule has 3 rings (SSSR count). The number of nitrogens with one attached hydrogen (secondary N) is 1. The summed E-state index contributed by atoms with van der Waals surface area (Å²) in [6.07, 6.45) is 6.46. The van der Waals surface area contributed by atoms with Crippen molar-refractivity contribution in [3.63, 3.8) is 0 Å². The minimum atomic E-state index is 0.917. The van der Waals surface area contributed by atoms with Gasteiger partial charge in [-0.15, -0.1) is 0 Å². The molecule has 2 heterocycles. The predicted molar refractivity (Wildman–Crippen MR) is 74.9 cm³/mol. The Kier molecular flexibility index (Phi) is 3.50. The Labute approximate surface area is 110 Å². The zero-order valence-electron chi connectivity index (χ0n) is 11.3. The number of anilines is 1. The van der Waals surface area contributed by atoms with Crippen LogP contribution in [-0.2, 0) is 13.0 Å². The molecule has 0 amide bonds. The zero-order chi connectivity index (χ0) is 12.4. The van der Waals surface area contributed by atoms with Crippen molar-refractivity contribution in [1.82, 2.24) is 10.3 Å². The topological polar surface area (TPSA) is 28.2 Å². The van der Waals surface area contributed by atoms with Gasteiger partial charge in [0, 0.05) is 25.8 Å². The van der Waals surface area contributed by atoms with Gasteiger partial charge >= 0.3 is 0 Å². The van der Waals surface area contributed by atoms with Crippen LogP contribution in [0, 0.1) is 5.92 Å². The molecule has 1 saturated carbocycles. The molecule has 1 aliphatic heterocycles. The first kappa shape index (κ1) is 12.0. The first-order valence-electron chi connectivity index (χ1n) is 7.23. The van der Waals surface area contributed by atoms with Crippen LogP contribution in [0.3, 0.4) is 0 Å². The molecule has 0 aromatic carbocycles. The summed E-state index contributed by atoms with van der Waals surface area (Å²) in [5.74, 6) is 2.07. The molecule has 1 N–H and O–H groups in total. The van der Waals surface area contributed by atoms with Crippen LogP contribution in [0.1, 0.15) is 36.9 Å². The Morgan fingerprint density at radius 1 is 1.33 bits per heavy atom. The van der Waals surface area contributed by atoms with Gasteiger partial charge in [0.15, 0.2) is 0 Å². The van der Waals surface area contributed by atoms with Crippen LogP contribution in [-0.4, -0.2) is 25.1 Å². The second kappa shape index (κ2) is 5.27. The van der Waals surface area contributed by atoms with Gasteiger partial charge in [0.05, 0.1) is 0 Å². The number of rotatable bonds is 3. The Hall–Kier alpha value is -1.09. The van der Waals surface area contributed by atoms with Gasteiger partial charge in [0.1, 0.15) is 5.82 Å². The van der Waals surface area contributed by atoms with E-state index in [9.17, 15) is 0 Å². The van der Waals surface area contributed by atoms with Gasteiger partial charge < -0.3 is 10.2 Å². The summed E-state index contributed by atoms with van der Waals surface area (Å²) in [4.78, 5) is 7.21. The molecule has 1 fully saturated rings. The van der Waals surface area contributed by atoms with Crippen molar-refractivity contribution in [2.45, 2.75) is 38.6 Å². The number of pyridine rings is 1. The quantitative estimate of drug-likeness (QED) is 0.886. The summed E-state index contributed by atoms with van der Waals surface area (Å²) < 4.78 is 0. The Morgan fingerprint density at radius 3 is 3.06 bits per heavy atom. The third-order valence-corrected chi connectivity index (χ3v) is 4.01. The van der Waals surface area contributed by atoms with Gasteiger partial charge in [-0.05, 0) is 56.2 Å². The number of nitrogens with zero attached hydrogens (tertiary/aromatic N) is 2. The summed E-state index contributed by atoms with van der Waals surface area (Å²) in [6.45, 7) is 3.29. The largest absolute Gasteiger partial charge is 0.359 e. The fraction of sp³-hybridized carbons (Fsp3) is 0.667. The van der Waals surface area contributed by atoms with Gasteiger partial charge in [0.2, 0.25) is 0 Å². The summed E-state index contributed by atoms with van der Waals surface area (Å²) in [6, 6.07) is 4.45. The maximum atomic E-state index is 4.88. The first-order chi connectivity index (χ1) is 8.83. The van der Waals surface area contributed by atoms with E-state index in [1.807, 2.05) is 0 Å². The molecular formula is C15H23N3. The Balaban J connectivity index is 1.76. The molecule has 0 spiro atoms. The molecule has 1 aliphatic carbocycles. The van der Waals surface area contributed by atoms with E-state index in [4.69, 9.17) is 4.98 Å². The minimum absolute atomic E-state index is 0.917. The van der Waals surface area contributed by atoms with Crippen molar-refractivity contribution in [3.05, 3.63) is 23.4 Å². The molecule has 98 valence electrons. The minimum Gasteiger partial charge on any atom is -0.359 e. The average Bonchev–Trinajstić information content (AvgIpc) is 3.13. The van der Waals surface area contributed by atoms with Gasteiger partial charge in [-0.3, -0.25) is 0 Å². The molecule has 0 radical (unpaired) electrons. The normalized spacial score (nSPS) is 19.8. The van der Waals surface area contributed by atoms with Crippen molar-refractivity contribution in [1.29, 1.82) is 0 Å². The lowest BCUT2D eigenvalue weighted by molar-refractivity contribution is 0.590. The highest BCUT2D eigenvalue weighted by Gasteiger charge is 2.23. The van der Waals surface area contributed by atoms with Crippen LogP contribution in [0.5, 0.6) is 0 Å². The lowest BCUT2D eigenvalue weighted by Crippen LogP contribution is -2.23. The van der Waals surface area contributed by atoms with Crippen LogP contribution in [0.15, 0.2) is 12.1 Å². The second-order valence-electron chi connectivity index (χ2n) is 5.73. The van der Waals surface area contributed by atoms with Crippen LogP contribution < -0.4 is 10.2 Å². The molecular weight excluding hydrogens is 222 g/mol. The highest BCUT2D eigenvalue weighted by molar-refractivity contribution is 5.41. The summed E-state index contributed by atoms with van der Waals surface area (Å²) in [5.41, 5.74) is 2.70. The van der Waals surface area contributed by atoms with E-state index in [0.717, 1.165) is 31.2 Å². The first-order valence-corrected chi connectivity index (χ1v) is 7.23. The molecule has 0 bridgehead atoms. The molecule has 0 saturated heterocycles. The fourth-order valence-electron chi connectivity index (χ4n) is 2.66. The van der Waals surface area contributed by atoms with Gasteiger partial charge in [-0.25, -0.2) is 4.98 Å². The van der Waals surface area contributed by atoms with E-state index in [2.05, 4.69) is 29.4 Å². The second-order valence-corrected chi connectivity index (χ2v) is 5.73. The molecule has 1 aromatic heterocycles. The lowest BCUT2D eigenvalue weighted by Gasteiger charge is -2.21. The monoisotopic (exact) mass is 245 g/mol. The van der Waals surface area contributed by atoms with Crippen LogP contribution in [0.4, 0.5) is 5.82 Å². The lowest BCUT2D eigenvalue weighted by atomic mass is 10.1. The summed E-state index contributed by atoms with van der Waals surface area (Å²) in [5, 5.41) is 3.48. The number of fused-ring (bicyclic) bond motifs is 1. The fourth-order valence-corrected chi connectivity index (χ4v) is 2.66. The summed E-state index contributed by atoms with van der Waals surface area (Å²) in [7, 11) is 2.17. The SMILES string of the molecule is CN(CC1CC1)c1ccc2c(n1)CCCCNC2. The third kappa shape index (κ3) is 2.83. The van der Waals surface area contributed by atoms with Gasteiger partial charge in [-0.2, -0.15) is 0 Å². The molecule has 2 aliphatic rings. The maximum absolute atomic E-state index is 4.88. The number of hydrogen-bond donors (Lipinski definition) is 1. The molecule has 1 aromatic rings. The van der Waals surface area contributed by atoms with Crippen molar-refractivity contribution in [2.24, 2.45) is 5.92 Å². The number of aryl methyl sites for hydroxylation is 1. The average molecular weight is 245 g/mol. The van der Waals surface area contributed by atoms with Crippen molar-refractivity contribution < 1.29 is 0 Å². The summed E-state index contributed by atoms with van der Waals surface area (Å²) >= 11 is 0. The van der Waals surface area contributed by atoms with E-state index < -0.39 is 0 Å². The molecule has 0 atom stereocenters. The van der Waals surface area contributed by atoms with Gasteiger partial charge in [0.25, 0.3) is 0 Å². The van der Waals surface area contributed by atoms with Crippen LogP contribution in [0.25, 0.3) is 0 Å². The van der Waals surface area contributed by atoms with E-state index in [-0.39, 0.29) is 0 Å². The highest BCUT2D eigenvalue weighted by atomic mass is 15.2. The third-order valence-electron chi connectivity index (χ3n) is 4.01. The highest BCUT2D eigenvalue weighted by Crippen LogP contribution is 2.30. The van der Waals surface area contributed by atoms with Crippen LogP contribution in [0.2, 0.25) is 0 Å². The van der Waals surface area contributed by atoms with E-state index in [0.29, 0.717) is 0 Å². The zero-order valence-corrected chi connectivity index (χ0v) is 11.3. The smallest absolute Gasteiger partial charge is 0.128 e. The molecule has 0 unspecified atom stereocenters. The number of aromatic nitrogens is 1. The van der Waals surface area contributed by atoms with Crippen molar-refractivity contribution >= 4 is 5.82 Å². The van der Waals surface area contributed by atoms with Crippen molar-refractivity contribution in [2.75, 3.05) is 25.0 Å². The van der Waals surface area contributed by atoms with E-state index in [1.54, 1.807) is 0 Å². The van der Waals surface area contributed by atoms with Crippen molar-refractivity contribution in [3.8, 4) is 0 Å². The van der Waals surface area contributed by atoms with Gasteiger partial charge in [-0.1, -0.05) is 6.07 Å². The van der Waals surface area contributed by atoms with E-state index in [1.165, 1.54) is 43.5 Å².